The number of amides is 1. The van der Waals surface area contributed by atoms with Gasteiger partial charge in [-0.1, -0.05) is 41.6 Å². The number of aromatic nitrogens is 4. The molecule has 0 radical (unpaired) electrons. The van der Waals surface area contributed by atoms with E-state index in [1.54, 1.807) is 10.9 Å². The quantitative estimate of drug-likeness (QED) is 0.207. The number of halogens is 1. The molecule has 0 aliphatic carbocycles. The number of hydrogen-bond acceptors (Lipinski definition) is 7. The van der Waals surface area contributed by atoms with E-state index in [4.69, 9.17) is 11.6 Å². The number of carbonyl (C=O) groups excluding carboxylic acids is 1. The van der Waals surface area contributed by atoms with Gasteiger partial charge in [-0.25, -0.2) is 14.6 Å². The highest BCUT2D eigenvalue weighted by Gasteiger charge is 2.15. The number of anilines is 1. The number of hydrogen-bond donors (Lipinski definition) is 1. The molecular formula is C19H13ClN6O3S. The molecule has 0 saturated carbocycles. The molecule has 4 rings (SSSR count). The maximum atomic E-state index is 12.4. The van der Waals surface area contributed by atoms with Crippen LogP contribution in [0, 0.1) is 10.1 Å². The van der Waals surface area contributed by atoms with E-state index in [-0.39, 0.29) is 28.1 Å². The molecule has 0 aliphatic rings. The molecule has 11 heteroatoms. The van der Waals surface area contributed by atoms with Crippen LogP contribution < -0.4 is 5.32 Å². The minimum atomic E-state index is -0.553. The summed E-state index contributed by atoms with van der Waals surface area (Å²) in [6, 6.07) is 13.4. The van der Waals surface area contributed by atoms with Crippen LogP contribution in [0.2, 0.25) is 5.02 Å². The summed E-state index contributed by atoms with van der Waals surface area (Å²) in [5.41, 5.74) is 1.51. The van der Waals surface area contributed by atoms with Crippen molar-refractivity contribution in [3.05, 3.63) is 76.2 Å². The summed E-state index contributed by atoms with van der Waals surface area (Å²) in [7, 11) is 0. The molecule has 0 aliphatic heterocycles. The lowest BCUT2D eigenvalue weighted by Gasteiger charge is -2.07. The number of nitro benzene ring substituents is 1. The normalized spacial score (nSPS) is 10.8. The summed E-state index contributed by atoms with van der Waals surface area (Å²) in [5.74, 6) is -0.341. The third-order valence-corrected chi connectivity index (χ3v) is 5.44. The molecule has 150 valence electrons. The Labute approximate surface area is 179 Å². The van der Waals surface area contributed by atoms with Crippen LogP contribution in [-0.4, -0.2) is 36.3 Å². The zero-order chi connectivity index (χ0) is 21.1. The van der Waals surface area contributed by atoms with Crippen LogP contribution in [0.25, 0.3) is 16.7 Å². The standard InChI is InChI=1S/C19H13ClN6O3S/c20-15-7-6-13(26(28)29)8-16(15)24-17(27)10-30-19-14-9-23-25(18(14)21-11-22-19)12-4-2-1-3-5-12/h1-9,11H,10H2,(H,24,27). The van der Waals surface area contributed by atoms with Gasteiger partial charge in [0, 0.05) is 12.1 Å². The zero-order valence-electron chi connectivity index (χ0n) is 15.2. The molecule has 2 aromatic heterocycles. The number of nitro groups is 1. The molecule has 0 saturated heterocycles. The largest absolute Gasteiger partial charge is 0.324 e. The van der Waals surface area contributed by atoms with E-state index < -0.39 is 4.92 Å². The molecule has 0 fully saturated rings. The minimum absolute atomic E-state index is 0.0294. The first-order valence-electron chi connectivity index (χ1n) is 8.63. The topological polar surface area (TPSA) is 116 Å². The SMILES string of the molecule is O=C(CSc1ncnc2c1cnn2-c1ccccc1)Nc1cc([N+](=O)[O-])ccc1Cl. The van der Waals surface area contributed by atoms with Gasteiger partial charge in [-0.05, 0) is 18.2 Å². The third kappa shape index (κ3) is 4.09. The second-order valence-electron chi connectivity index (χ2n) is 6.07. The van der Waals surface area contributed by atoms with Crippen molar-refractivity contribution in [3.8, 4) is 5.69 Å². The fraction of sp³-hybridized carbons (Fsp3) is 0.0526. The van der Waals surface area contributed by atoms with Crippen molar-refractivity contribution in [3.63, 3.8) is 0 Å². The lowest BCUT2D eigenvalue weighted by molar-refractivity contribution is -0.384. The predicted molar refractivity (Wildman–Crippen MR) is 114 cm³/mol. The maximum Gasteiger partial charge on any atom is 0.271 e. The van der Waals surface area contributed by atoms with Gasteiger partial charge in [-0.2, -0.15) is 5.10 Å². The molecule has 0 unspecified atom stereocenters. The van der Waals surface area contributed by atoms with Crippen LogP contribution in [0.5, 0.6) is 0 Å². The lowest BCUT2D eigenvalue weighted by atomic mass is 10.3. The van der Waals surface area contributed by atoms with E-state index in [1.165, 1.54) is 36.3 Å². The Kier molecular flexibility index (Phi) is 5.59. The maximum absolute atomic E-state index is 12.4. The summed E-state index contributed by atoms with van der Waals surface area (Å²) in [4.78, 5) is 31.3. The van der Waals surface area contributed by atoms with Crippen molar-refractivity contribution in [1.29, 1.82) is 0 Å². The highest BCUT2D eigenvalue weighted by atomic mass is 35.5. The second-order valence-corrected chi connectivity index (χ2v) is 7.44. The Hall–Kier alpha value is -3.50. The molecular weight excluding hydrogens is 428 g/mol. The minimum Gasteiger partial charge on any atom is -0.324 e. The number of non-ortho nitro benzene ring substituents is 1. The number of carbonyl (C=O) groups is 1. The van der Waals surface area contributed by atoms with Gasteiger partial charge in [-0.3, -0.25) is 14.9 Å². The average molecular weight is 441 g/mol. The number of thioether (sulfide) groups is 1. The van der Waals surface area contributed by atoms with Crippen LogP contribution in [0.1, 0.15) is 0 Å². The Balaban J connectivity index is 1.50. The fourth-order valence-corrected chi connectivity index (χ4v) is 3.66. The summed E-state index contributed by atoms with van der Waals surface area (Å²) < 4.78 is 1.70. The van der Waals surface area contributed by atoms with Crippen LogP contribution in [0.3, 0.4) is 0 Å². The van der Waals surface area contributed by atoms with E-state index in [9.17, 15) is 14.9 Å². The molecule has 1 amide bonds. The van der Waals surface area contributed by atoms with Gasteiger partial charge < -0.3 is 5.32 Å². The van der Waals surface area contributed by atoms with Crippen LogP contribution in [0.4, 0.5) is 11.4 Å². The number of benzene rings is 2. The molecule has 2 heterocycles. The van der Waals surface area contributed by atoms with E-state index in [1.807, 2.05) is 30.3 Å². The van der Waals surface area contributed by atoms with Gasteiger partial charge in [0.05, 0.1) is 38.7 Å². The first kappa shape index (κ1) is 19.8. The molecule has 2 aromatic carbocycles. The highest BCUT2D eigenvalue weighted by Crippen LogP contribution is 2.28. The smallest absolute Gasteiger partial charge is 0.271 e. The van der Waals surface area contributed by atoms with Crippen molar-refractivity contribution >= 4 is 51.7 Å². The monoisotopic (exact) mass is 440 g/mol. The second kappa shape index (κ2) is 8.47. The van der Waals surface area contributed by atoms with Crippen molar-refractivity contribution in [2.45, 2.75) is 5.03 Å². The Morgan fingerprint density at radius 1 is 1.20 bits per heavy atom. The van der Waals surface area contributed by atoms with Gasteiger partial charge in [0.1, 0.15) is 11.4 Å². The van der Waals surface area contributed by atoms with Crippen LogP contribution in [0.15, 0.2) is 66.1 Å². The molecule has 9 nitrogen and oxygen atoms in total. The lowest BCUT2D eigenvalue weighted by Crippen LogP contribution is -2.14. The van der Waals surface area contributed by atoms with Crippen molar-refractivity contribution < 1.29 is 9.72 Å². The summed E-state index contributed by atoms with van der Waals surface area (Å²) in [6.45, 7) is 0. The van der Waals surface area contributed by atoms with Gasteiger partial charge in [-0.15, -0.1) is 0 Å². The average Bonchev–Trinajstić information content (AvgIpc) is 3.19. The van der Waals surface area contributed by atoms with Crippen molar-refractivity contribution in [2.75, 3.05) is 11.1 Å². The molecule has 4 aromatic rings. The molecule has 0 atom stereocenters. The van der Waals surface area contributed by atoms with E-state index in [0.717, 1.165) is 5.69 Å². The number of para-hydroxylation sites is 1. The highest BCUT2D eigenvalue weighted by molar-refractivity contribution is 8.00. The Bertz CT molecular complexity index is 1250. The van der Waals surface area contributed by atoms with Crippen LogP contribution in [-0.2, 0) is 4.79 Å². The van der Waals surface area contributed by atoms with Gasteiger partial charge in [0.15, 0.2) is 5.65 Å². The molecule has 1 N–H and O–H groups in total. The van der Waals surface area contributed by atoms with E-state index in [0.29, 0.717) is 16.1 Å². The number of nitrogens with zero attached hydrogens (tertiary/aromatic N) is 5. The number of fused-ring (bicyclic) bond motifs is 1. The van der Waals surface area contributed by atoms with Gasteiger partial charge >= 0.3 is 0 Å². The third-order valence-electron chi connectivity index (χ3n) is 4.10. The van der Waals surface area contributed by atoms with E-state index >= 15 is 0 Å². The Morgan fingerprint density at radius 3 is 2.77 bits per heavy atom. The fourth-order valence-electron chi connectivity index (χ4n) is 2.74. The molecule has 0 bridgehead atoms. The summed E-state index contributed by atoms with van der Waals surface area (Å²) in [6.07, 6.45) is 3.07. The van der Waals surface area contributed by atoms with Crippen LogP contribution >= 0.6 is 23.4 Å². The first-order valence-corrected chi connectivity index (χ1v) is 10.00. The van der Waals surface area contributed by atoms with E-state index in [2.05, 4.69) is 20.4 Å². The number of nitrogens with one attached hydrogen (secondary N) is 1. The zero-order valence-corrected chi connectivity index (χ0v) is 16.8. The Morgan fingerprint density at radius 2 is 2.00 bits per heavy atom. The summed E-state index contributed by atoms with van der Waals surface area (Å²) >= 11 is 7.23. The molecule has 30 heavy (non-hydrogen) atoms. The number of rotatable bonds is 6. The van der Waals surface area contributed by atoms with Crippen molar-refractivity contribution in [2.24, 2.45) is 0 Å². The van der Waals surface area contributed by atoms with Gasteiger partial charge in [0.25, 0.3) is 5.69 Å². The predicted octanol–water partition coefficient (Wildman–Crippen LogP) is 4.11. The van der Waals surface area contributed by atoms with Gasteiger partial charge in [0.2, 0.25) is 5.91 Å². The van der Waals surface area contributed by atoms with Crippen molar-refractivity contribution in [1.82, 2.24) is 19.7 Å². The first-order chi connectivity index (χ1) is 14.5. The summed E-state index contributed by atoms with van der Waals surface area (Å²) in [5, 5.41) is 19.4. The molecule has 0 spiro atoms.